The minimum atomic E-state index is -0.198. The molecule has 0 bridgehead atoms. The second-order valence-corrected chi connectivity index (χ2v) is 4.79. The molecule has 0 radical (unpaired) electrons. The lowest BCUT2D eigenvalue weighted by atomic mass is 10.1. The molecule has 0 saturated carbocycles. The van der Waals surface area contributed by atoms with E-state index in [1.54, 1.807) is 0 Å². The summed E-state index contributed by atoms with van der Waals surface area (Å²) < 4.78 is 5.27. The lowest BCUT2D eigenvalue weighted by Gasteiger charge is -2.22. The number of benzene rings is 1. The summed E-state index contributed by atoms with van der Waals surface area (Å²) in [4.78, 5) is 11.8. The molecule has 1 unspecified atom stereocenters. The van der Waals surface area contributed by atoms with Gasteiger partial charge in [0.2, 0.25) is 5.91 Å². The Morgan fingerprint density at radius 3 is 2.65 bits per heavy atom. The van der Waals surface area contributed by atoms with Gasteiger partial charge in [-0.15, -0.1) is 12.4 Å². The first-order chi connectivity index (χ1) is 9.29. The molecular weight excluding hydrogens is 276 g/mol. The van der Waals surface area contributed by atoms with Gasteiger partial charge in [0.1, 0.15) is 6.04 Å². The molecule has 5 heteroatoms. The molecule has 1 amide bonds. The van der Waals surface area contributed by atoms with E-state index in [1.807, 2.05) is 0 Å². The third-order valence-corrected chi connectivity index (χ3v) is 3.38. The number of hydrogen-bond acceptors (Lipinski definition) is 3. The molecule has 0 aromatic heterocycles. The monoisotopic (exact) mass is 298 g/mol. The Kier molecular flexibility index (Phi) is 7.59. The molecule has 0 spiro atoms. The predicted octanol–water partition coefficient (Wildman–Crippen LogP) is 1.32. The number of rotatable bonds is 5. The van der Waals surface area contributed by atoms with E-state index in [-0.39, 0.29) is 24.4 Å². The second-order valence-electron chi connectivity index (χ2n) is 4.79. The van der Waals surface area contributed by atoms with Gasteiger partial charge < -0.3 is 15.4 Å². The van der Waals surface area contributed by atoms with E-state index in [9.17, 15) is 4.79 Å². The molecule has 1 aliphatic rings. The van der Waals surface area contributed by atoms with Crippen molar-refractivity contribution in [2.45, 2.75) is 25.8 Å². The van der Waals surface area contributed by atoms with Crippen molar-refractivity contribution >= 4 is 18.3 Å². The minimum absolute atomic E-state index is 0. The number of morpholine rings is 1. The first-order valence-corrected chi connectivity index (χ1v) is 6.96. The molecule has 2 N–H and O–H groups in total. The molecule has 1 fully saturated rings. The van der Waals surface area contributed by atoms with Crippen molar-refractivity contribution in [1.29, 1.82) is 0 Å². The zero-order chi connectivity index (χ0) is 13.5. The van der Waals surface area contributed by atoms with Crippen molar-refractivity contribution in [3.63, 3.8) is 0 Å². The van der Waals surface area contributed by atoms with E-state index in [1.165, 1.54) is 11.1 Å². The van der Waals surface area contributed by atoms with Crippen molar-refractivity contribution in [2.24, 2.45) is 0 Å². The van der Waals surface area contributed by atoms with Crippen LogP contribution >= 0.6 is 12.4 Å². The van der Waals surface area contributed by atoms with E-state index in [4.69, 9.17) is 4.74 Å². The van der Waals surface area contributed by atoms with Crippen molar-refractivity contribution in [3.8, 4) is 0 Å². The van der Waals surface area contributed by atoms with Crippen LogP contribution in [0.15, 0.2) is 24.3 Å². The molecule has 112 valence electrons. The van der Waals surface area contributed by atoms with Gasteiger partial charge in [-0.25, -0.2) is 0 Å². The van der Waals surface area contributed by atoms with E-state index in [0.29, 0.717) is 19.8 Å². The number of carbonyl (C=O) groups excluding carboxylic acids is 1. The lowest BCUT2D eigenvalue weighted by molar-refractivity contribution is -0.125. The van der Waals surface area contributed by atoms with Gasteiger partial charge in [-0.2, -0.15) is 0 Å². The van der Waals surface area contributed by atoms with Gasteiger partial charge in [-0.1, -0.05) is 31.2 Å². The molecule has 0 aliphatic carbocycles. The Hall–Kier alpha value is -1.10. The highest BCUT2D eigenvalue weighted by atomic mass is 35.5. The number of hydrogen-bond donors (Lipinski definition) is 2. The summed E-state index contributed by atoms with van der Waals surface area (Å²) in [5.74, 6) is 0.0323. The lowest BCUT2D eigenvalue weighted by Crippen LogP contribution is -2.51. The molecule has 1 heterocycles. The smallest absolute Gasteiger partial charge is 0.239 e. The Morgan fingerprint density at radius 2 is 2.05 bits per heavy atom. The number of aryl methyl sites for hydroxylation is 1. The van der Waals surface area contributed by atoms with Crippen LogP contribution in [0.2, 0.25) is 0 Å². The van der Waals surface area contributed by atoms with Crippen LogP contribution in [0.5, 0.6) is 0 Å². The normalized spacial score (nSPS) is 18.1. The van der Waals surface area contributed by atoms with Crippen LogP contribution in [0.4, 0.5) is 0 Å². The van der Waals surface area contributed by atoms with E-state index in [0.717, 1.165) is 19.4 Å². The first-order valence-electron chi connectivity index (χ1n) is 6.96. The predicted molar refractivity (Wildman–Crippen MR) is 82.4 cm³/mol. The van der Waals surface area contributed by atoms with Gasteiger partial charge in [0, 0.05) is 13.1 Å². The SMILES string of the molecule is CCc1ccc(CCNC(=O)C2COCCN2)cc1.Cl. The van der Waals surface area contributed by atoms with Crippen molar-refractivity contribution in [2.75, 3.05) is 26.3 Å². The Bertz CT molecular complexity index is 403. The fraction of sp³-hybridized carbons (Fsp3) is 0.533. The molecule has 20 heavy (non-hydrogen) atoms. The Morgan fingerprint density at radius 1 is 1.35 bits per heavy atom. The van der Waals surface area contributed by atoms with Gasteiger partial charge >= 0.3 is 0 Å². The van der Waals surface area contributed by atoms with Crippen LogP contribution in [0.1, 0.15) is 18.1 Å². The number of nitrogens with one attached hydrogen (secondary N) is 2. The van der Waals surface area contributed by atoms with Crippen LogP contribution in [0.3, 0.4) is 0 Å². The average molecular weight is 299 g/mol. The average Bonchev–Trinajstić information content (AvgIpc) is 2.49. The molecule has 1 aromatic carbocycles. The maximum atomic E-state index is 11.8. The maximum absolute atomic E-state index is 11.8. The maximum Gasteiger partial charge on any atom is 0.239 e. The van der Waals surface area contributed by atoms with Crippen molar-refractivity contribution < 1.29 is 9.53 Å². The van der Waals surface area contributed by atoms with Gasteiger partial charge in [-0.05, 0) is 24.0 Å². The van der Waals surface area contributed by atoms with Crippen LogP contribution in [0, 0.1) is 0 Å². The number of carbonyl (C=O) groups is 1. The van der Waals surface area contributed by atoms with E-state index >= 15 is 0 Å². The number of ether oxygens (including phenoxy) is 1. The van der Waals surface area contributed by atoms with Gasteiger partial charge in [0.15, 0.2) is 0 Å². The third-order valence-electron chi connectivity index (χ3n) is 3.38. The summed E-state index contributed by atoms with van der Waals surface area (Å²) in [6, 6.07) is 8.36. The summed E-state index contributed by atoms with van der Waals surface area (Å²) in [6.07, 6.45) is 1.92. The highest BCUT2D eigenvalue weighted by Gasteiger charge is 2.20. The molecule has 1 atom stereocenters. The summed E-state index contributed by atoms with van der Waals surface area (Å²) in [5, 5.41) is 6.09. The summed E-state index contributed by atoms with van der Waals surface area (Å²) in [7, 11) is 0. The first kappa shape index (κ1) is 17.0. The van der Waals surface area contributed by atoms with Crippen molar-refractivity contribution in [3.05, 3.63) is 35.4 Å². The number of halogens is 1. The van der Waals surface area contributed by atoms with Crippen LogP contribution in [-0.4, -0.2) is 38.3 Å². The third kappa shape index (κ3) is 5.12. The number of amides is 1. The zero-order valence-corrected chi connectivity index (χ0v) is 12.7. The molecular formula is C15H23ClN2O2. The highest BCUT2D eigenvalue weighted by molar-refractivity contribution is 5.85. The summed E-state index contributed by atoms with van der Waals surface area (Å²) in [6.45, 7) is 4.72. The summed E-state index contributed by atoms with van der Waals surface area (Å²) >= 11 is 0. The fourth-order valence-electron chi connectivity index (χ4n) is 2.13. The topological polar surface area (TPSA) is 50.4 Å². The van der Waals surface area contributed by atoms with E-state index < -0.39 is 0 Å². The quantitative estimate of drug-likeness (QED) is 0.862. The Balaban J connectivity index is 0.00000200. The van der Waals surface area contributed by atoms with Gasteiger partial charge in [0.05, 0.1) is 13.2 Å². The molecule has 4 nitrogen and oxygen atoms in total. The standard InChI is InChI=1S/C15H22N2O2.ClH/c1-2-12-3-5-13(6-4-12)7-8-17-15(18)14-11-19-10-9-16-14;/h3-6,14,16H,2,7-11H2,1H3,(H,17,18);1H. The highest BCUT2D eigenvalue weighted by Crippen LogP contribution is 2.05. The van der Waals surface area contributed by atoms with Gasteiger partial charge in [-0.3, -0.25) is 4.79 Å². The largest absolute Gasteiger partial charge is 0.378 e. The Labute approximate surface area is 126 Å². The second kappa shape index (κ2) is 8.95. The minimum Gasteiger partial charge on any atom is -0.378 e. The molecule has 1 saturated heterocycles. The molecule has 1 aliphatic heterocycles. The van der Waals surface area contributed by atoms with Crippen LogP contribution in [0.25, 0.3) is 0 Å². The van der Waals surface area contributed by atoms with Gasteiger partial charge in [0.25, 0.3) is 0 Å². The molecule has 2 rings (SSSR count). The van der Waals surface area contributed by atoms with E-state index in [2.05, 4.69) is 41.8 Å². The fourth-order valence-corrected chi connectivity index (χ4v) is 2.13. The summed E-state index contributed by atoms with van der Waals surface area (Å²) in [5.41, 5.74) is 2.60. The van der Waals surface area contributed by atoms with Crippen LogP contribution < -0.4 is 10.6 Å². The zero-order valence-electron chi connectivity index (χ0n) is 11.9. The van der Waals surface area contributed by atoms with Crippen LogP contribution in [-0.2, 0) is 22.4 Å². The van der Waals surface area contributed by atoms with Crippen molar-refractivity contribution in [1.82, 2.24) is 10.6 Å². The molecule has 1 aromatic rings.